The molecule has 0 aliphatic carbocycles. The van der Waals surface area contributed by atoms with Gasteiger partial charge in [-0.3, -0.25) is 9.59 Å². The fraction of sp³-hybridized carbons (Fsp3) is 0.412. The van der Waals surface area contributed by atoms with Crippen molar-refractivity contribution >= 4 is 11.9 Å². The number of aliphatic hydroxyl groups excluding tert-OH is 1. The van der Waals surface area contributed by atoms with Gasteiger partial charge in [0.2, 0.25) is 5.91 Å². The number of carboxylic acids is 1. The number of aliphatic hydroxyl groups is 1. The van der Waals surface area contributed by atoms with Crippen LogP contribution in [0.5, 0.6) is 0 Å². The first kappa shape index (κ1) is 19.9. The number of rotatable bonds is 11. The van der Waals surface area contributed by atoms with Gasteiger partial charge in [0.25, 0.3) is 0 Å². The number of carbonyl (C=O) groups excluding carboxylic acids is 1. The van der Waals surface area contributed by atoms with E-state index in [4.69, 9.17) is 10.2 Å². The highest BCUT2D eigenvalue weighted by molar-refractivity contribution is 5.87. The number of amides is 1. The molecule has 0 aliphatic heterocycles. The van der Waals surface area contributed by atoms with Crippen LogP contribution in [0.15, 0.2) is 48.6 Å². The summed E-state index contributed by atoms with van der Waals surface area (Å²) in [5.74, 6) is -1.25. The molecule has 122 valence electrons. The number of carbonyl (C=O) groups is 2. The fourth-order valence-corrected chi connectivity index (χ4v) is 1.46. The van der Waals surface area contributed by atoms with Crippen LogP contribution in [0.2, 0.25) is 0 Å². The normalized spacial score (nSPS) is 13.5. The molecule has 0 heterocycles. The zero-order chi connectivity index (χ0) is 16.6. The Balaban J connectivity index is 3.73. The fourth-order valence-electron chi connectivity index (χ4n) is 1.46. The Morgan fingerprint density at radius 1 is 1.09 bits per heavy atom. The van der Waals surface area contributed by atoms with Crippen LogP contribution >= 0.6 is 0 Å². The molecule has 0 aromatic heterocycles. The van der Waals surface area contributed by atoms with E-state index in [1.54, 1.807) is 25.2 Å². The maximum atomic E-state index is 11.2. The van der Waals surface area contributed by atoms with Gasteiger partial charge in [0, 0.05) is 12.6 Å². The van der Waals surface area contributed by atoms with Gasteiger partial charge in [-0.1, -0.05) is 42.5 Å². The summed E-state index contributed by atoms with van der Waals surface area (Å²) < 4.78 is 0. The summed E-state index contributed by atoms with van der Waals surface area (Å²) in [4.78, 5) is 21.5. The molecule has 1 atom stereocenters. The minimum Gasteiger partial charge on any atom is -0.481 e. The standard InChI is InChI=1S/C17H25NO4/c1-15(19)11-9-7-5-3-2-4-6-8-10-12-16(20)18-14-13-17(21)22/h2-6,8,10,12,15,19H,7,9,11,13-14H2,1H3,(H,18,20)(H,21,22). The number of carboxylic acid groups (broad SMARTS) is 1. The highest BCUT2D eigenvalue weighted by atomic mass is 16.4. The predicted octanol–water partition coefficient (Wildman–Crippen LogP) is 2.35. The van der Waals surface area contributed by atoms with Crippen molar-refractivity contribution in [3.63, 3.8) is 0 Å². The molecule has 5 heteroatoms. The van der Waals surface area contributed by atoms with Gasteiger partial charge in [-0.2, -0.15) is 0 Å². The molecule has 0 radical (unpaired) electrons. The van der Waals surface area contributed by atoms with Crippen molar-refractivity contribution in [2.45, 2.75) is 38.7 Å². The van der Waals surface area contributed by atoms with Crippen LogP contribution in [-0.4, -0.2) is 34.7 Å². The van der Waals surface area contributed by atoms with Gasteiger partial charge in [-0.15, -0.1) is 0 Å². The molecule has 0 aromatic rings. The third-order valence-corrected chi connectivity index (χ3v) is 2.57. The third-order valence-electron chi connectivity index (χ3n) is 2.57. The summed E-state index contributed by atoms with van der Waals surface area (Å²) in [7, 11) is 0. The monoisotopic (exact) mass is 307 g/mol. The van der Waals surface area contributed by atoms with Crippen LogP contribution in [0.3, 0.4) is 0 Å². The molecule has 5 nitrogen and oxygen atoms in total. The van der Waals surface area contributed by atoms with Crippen LogP contribution in [-0.2, 0) is 9.59 Å². The van der Waals surface area contributed by atoms with E-state index in [1.807, 2.05) is 24.3 Å². The molecule has 3 N–H and O–H groups in total. The van der Waals surface area contributed by atoms with E-state index in [9.17, 15) is 9.59 Å². The van der Waals surface area contributed by atoms with E-state index in [1.165, 1.54) is 6.08 Å². The summed E-state index contributed by atoms with van der Waals surface area (Å²) in [5.41, 5.74) is 0. The maximum absolute atomic E-state index is 11.2. The Bertz CT molecular complexity index is 434. The molecule has 0 saturated heterocycles. The average molecular weight is 307 g/mol. The Labute approximate surface area is 131 Å². The molecule has 0 fully saturated rings. The van der Waals surface area contributed by atoms with Crippen LogP contribution < -0.4 is 5.32 Å². The molecule has 0 aliphatic rings. The second-order valence-electron chi connectivity index (χ2n) is 4.77. The molecular weight excluding hydrogens is 282 g/mol. The minimum absolute atomic E-state index is 0.0816. The summed E-state index contributed by atoms with van der Waals surface area (Å²) in [6.45, 7) is 1.91. The first-order valence-electron chi connectivity index (χ1n) is 7.36. The lowest BCUT2D eigenvalue weighted by Crippen LogP contribution is -2.23. The predicted molar refractivity (Wildman–Crippen MR) is 87.4 cm³/mol. The summed E-state index contributed by atoms with van der Waals surface area (Å²) in [6.07, 6.45) is 16.6. The minimum atomic E-state index is -0.937. The van der Waals surface area contributed by atoms with E-state index in [-0.39, 0.29) is 25.0 Å². The molecular formula is C17H25NO4. The van der Waals surface area contributed by atoms with Crippen LogP contribution in [0.25, 0.3) is 0 Å². The van der Waals surface area contributed by atoms with Gasteiger partial charge >= 0.3 is 5.97 Å². The quantitative estimate of drug-likeness (QED) is 0.311. The Morgan fingerprint density at radius 2 is 1.73 bits per heavy atom. The summed E-state index contributed by atoms with van der Waals surface area (Å²) in [6, 6.07) is 0. The van der Waals surface area contributed by atoms with E-state index in [0.717, 1.165) is 19.3 Å². The van der Waals surface area contributed by atoms with Crippen molar-refractivity contribution in [1.29, 1.82) is 0 Å². The number of nitrogens with one attached hydrogen (secondary N) is 1. The largest absolute Gasteiger partial charge is 0.481 e. The van der Waals surface area contributed by atoms with E-state index in [2.05, 4.69) is 5.32 Å². The average Bonchev–Trinajstić information content (AvgIpc) is 2.44. The molecule has 1 unspecified atom stereocenters. The number of allylic oxidation sites excluding steroid dienone is 7. The number of unbranched alkanes of at least 4 members (excludes halogenated alkanes) is 1. The summed E-state index contributed by atoms with van der Waals surface area (Å²) in [5, 5.41) is 20.0. The molecule has 0 rings (SSSR count). The Hall–Kier alpha value is -2.14. The molecule has 0 spiro atoms. The van der Waals surface area contributed by atoms with Gasteiger partial charge in [-0.25, -0.2) is 0 Å². The van der Waals surface area contributed by atoms with Crippen molar-refractivity contribution in [2.24, 2.45) is 0 Å². The Kier molecular flexibility index (Phi) is 12.5. The molecule has 22 heavy (non-hydrogen) atoms. The lowest BCUT2D eigenvalue weighted by Gasteiger charge is -1.99. The van der Waals surface area contributed by atoms with Gasteiger partial charge < -0.3 is 15.5 Å². The number of hydrogen-bond donors (Lipinski definition) is 3. The van der Waals surface area contributed by atoms with Crippen molar-refractivity contribution < 1.29 is 19.8 Å². The molecule has 0 aromatic carbocycles. The third kappa shape index (κ3) is 15.9. The molecule has 0 saturated carbocycles. The van der Waals surface area contributed by atoms with Gasteiger partial charge in [-0.05, 0) is 26.2 Å². The highest BCUT2D eigenvalue weighted by Gasteiger charge is 1.97. The van der Waals surface area contributed by atoms with E-state index < -0.39 is 5.97 Å². The molecule has 1 amide bonds. The maximum Gasteiger partial charge on any atom is 0.305 e. The first-order chi connectivity index (χ1) is 10.5. The molecule has 0 bridgehead atoms. The van der Waals surface area contributed by atoms with Crippen molar-refractivity contribution in [1.82, 2.24) is 5.32 Å². The van der Waals surface area contributed by atoms with Crippen molar-refractivity contribution in [3.05, 3.63) is 48.6 Å². The van der Waals surface area contributed by atoms with Gasteiger partial charge in [0.15, 0.2) is 0 Å². The Morgan fingerprint density at radius 3 is 2.36 bits per heavy atom. The second kappa shape index (κ2) is 13.8. The lowest BCUT2D eigenvalue weighted by atomic mass is 10.1. The second-order valence-corrected chi connectivity index (χ2v) is 4.77. The SMILES string of the molecule is CC(O)CCCC=CC=CC=CC=CC(=O)NCCC(=O)O. The van der Waals surface area contributed by atoms with Crippen LogP contribution in [0.4, 0.5) is 0 Å². The summed E-state index contributed by atoms with van der Waals surface area (Å²) >= 11 is 0. The van der Waals surface area contributed by atoms with Gasteiger partial charge in [0.05, 0.1) is 12.5 Å². The highest BCUT2D eigenvalue weighted by Crippen LogP contribution is 2.00. The van der Waals surface area contributed by atoms with E-state index in [0.29, 0.717) is 0 Å². The smallest absolute Gasteiger partial charge is 0.305 e. The van der Waals surface area contributed by atoms with Crippen LogP contribution in [0, 0.1) is 0 Å². The van der Waals surface area contributed by atoms with Crippen LogP contribution in [0.1, 0.15) is 32.6 Å². The van der Waals surface area contributed by atoms with E-state index >= 15 is 0 Å². The number of aliphatic carboxylic acids is 1. The number of hydrogen-bond acceptors (Lipinski definition) is 3. The first-order valence-corrected chi connectivity index (χ1v) is 7.36. The van der Waals surface area contributed by atoms with Gasteiger partial charge in [0.1, 0.15) is 0 Å². The topological polar surface area (TPSA) is 86.6 Å². The zero-order valence-electron chi connectivity index (χ0n) is 12.9. The van der Waals surface area contributed by atoms with Crippen molar-refractivity contribution in [2.75, 3.05) is 6.54 Å². The van der Waals surface area contributed by atoms with Crippen molar-refractivity contribution in [3.8, 4) is 0 Å². The zero-order valence-corrected chi connectivity index (χ0v) is 12.9. The lowest BCUT2D eigenvalue weighted by molar-refractivity contribution is -0.136.